The van der Waals surface area contributed by atoms with Gasteiger partial charge in [0.05, 0.1) is 11.7 Å². The minimum absolute atomic E-state index is 0.0493. The molecule has 4 heteroatoms. The van der Waals surface area contributed by atoms with Gasteiger partial charge in [-0.1, -0.05) is 26.3 Å². The van der Waals surface area contributed by atoms with E-state index in [0.29, 0.717) is 11.6 Å². The maximum Gasteiger partial charge on any atom is 0.241 e. The first-order chi connectivity index (χ1) is 9.63. The lowest BCUT2D eigenvalue weighted by Gasteiger charge is -2.28. The molecule has 0 spiro atoms. The molecule has 0 bridgehead atoms. The normalized spacial score (nSPS) is 22.5. The molecule has 1 aromatic rings. The van der Waals surface area contributed by atoms with E-state index in [1.807, 2.05) is 19.1 Å². The molecule has 2 atom stereocenters. The monoisotopic (exact) mass is 276 g/mol. The predicted molar refractivity (Wildman–Crippen MR) is 80.9 cm³/mol. The highest BCUT2D eigenvalue weighted by molar-refractivity contribution is 5.96. The SMILES string of the molecule is CCc1ccc(O)c(NC(=O)C2CC(CC)CCN2)c1. The zero-order valence-corrected chi connectivity index (χ0v) is 12.3. The van der Waals surface area contributed by atoms with Crippen molar-refractivity contribution in [3.63, 3.8) is 0 Å². The number of nitrogens with one attached hydrogen (secondary N) is 2. The van der Waals surface area contributed by atoms with Crippen molar-refractivity contribution < 1.29 is 9.90 Å². The second kappa shape index (κ2) is 6.75. The van der Waals surface area contributed by atoms with E-state index < -0.39 is 0 Å². The molecular weight excluding hydrogens is 252 g/mol. The summed E-state index contributed by atoms with van der Waals surface area (Å²) in [5, 5.41) is 15.9. The Morgan fingerprint density at radius 1 is 1.45 bits per heavy atom. The fourth-order valence-corrected chi connectivity index (χ4v) is 2.69. The fraction of sp³-hybridized carbons (Fsp3) is 0.562. The van der Waals surface area contributed by atoms with Gasteiger partial charge in [0.1, 0.15) is 5.75 Å². The summed E-state index contributed by atoms with van der Waals surface area (Å²) < 4.78 is 0. The second-order valence-corrected chi connectivity index (χ2v) is 5.50. The van der Waals surface area contributed by atoms with Crippen molar-refractivity contribution in [1.29, 1.82) is 0 Å². The summed E-state index contributed by atoms with van der Waals surface area (Å²) in [6, 6.07) is 5.19. The average molecular weight is 276 g/mol. The number of amides is 1. The molecule has 0 radical (unpaired) electrons. The van der Waals surface area contributed by atoms with Gasteiger partial charge in [-0.2, -0.15) is 0 Å². The van der Waals surface area contributed by atoms with Gasteiger partial charge in [0.15, 0.2) is 0 Å². The Kier molecular flexibility index (Phi) is 5.01. The summed E-state index contributed by atoms with van der Waals surface area (Å²) in [5.41, 5.74) is 1.61. The summed E-state index contributed by atoms with van der Waals surface area (Å²) in [5.74, 6) is 0.688. The lowest BCUT2D eigenvalue weighted by molar-refractivity contribution is -0.119. The van der Waals surface area contributed by atoms with Crippen LogP contribution in [0, 0.1) is 5.92 Å². The van der Waals surface area contributed by atoms with Crippen LogP contribution in [0.3, 0.4) is 0 Å². The summed E-state index contributed by atoms with van der Waals surface area (Å²) >= 11 is 0. The molecule has 0 aromatic heterocycles. The molecule has 3 N–H and O–H groups in total. The minimum Gasteiger partial charge on any atom is -0.506 e. The van der Waals surface area contributed by atoms with Crippen molar-refractivity contribution in [3.05, 3.63) is 23.8 Å². The van der Waals surface area contributed by atoms with Crippen LogP contribution in [0.5, 0.6) is 5.75 Å². The van der Waals surface area contributed by atoms with Gasteiger partial charge in [-0.25, -0.2) is 0 Å². The van der Waals surface area contributed by atoms with Crippen LogP contribution >= 0.6 is 0 Å². The van der Waals surface area contributed by atoms with Crippen LogP contribution in [0.15, 0.2) is 18.2 Å². The predicted octanol–water partition coefficient (Wildman–Crippen LogP) is 2.67. The maximum absolute atomic E-state index is 12.3. The smallest absolute Gasteiger partial charge is 0.241 e. The molecular formula is C16H24N2O2. The zero-order chi connectivity index (χ0) is 14.5. The van der Waals surface area contributed by atoms with E-state index in [-0.39, 0.29) is 17.7 Å². The van der Waals surface area contributed by atoms with E-state index in [1.54, 1.807) is 6.07 Å². The topological polar surface area (TPSA) is 61.4 Å². The second-order valence-electron chi connectivity index (χ2n) is 5.50. The molecule has 1 fully saturated rings. The number of anilines is 1. The molecule has 1 saturated heterocycles. The number of aromatic hydroxyl groups is 1. The number of carbonyl (C=O) groups excluding carboxylic acids is 1. The fourth-order valence-electron chi connectivity index (χ4n) is 2.69. The lowest BCUT2D eigenvalue weighted by Crippen LogP contribution is -2.46. The highest BCUT2D eigenvalue weighted by atomic mass is 16.3. The van der Waals surface area contributed by atoms with Crippen molar-refractivity contribution in [2.75, 3.05) is 11.9 Å². The Labute approximate surface area is 120 Å². The third-order valence-electron chi connectivity index (χ3n) is 4.13. The maximum atomic E-state index is 12.3. The Bertz CT molecular complexity index is 474. The molecule has 110 valence electrons. The van der Waals surface area contributed by atoms with Crippen molar-refractivity contribution in [3.8, 4) is 5.75 Å². The average Bonchev–Trinajstić information content (AvgIpc) is 2.49. The Balaban J connectivity index is 2.03. The molecule has 20 heavy (non-hydrogen) atoms. The largest absolute Gasteiger partial charge is 0.506 e. The highest BCUT2D eigenvalue weighted by Crippen LogP contribution is 2.26. The number of benzene rings is 1. The third-order valence-corrected chi connectivity index (χ3v) is 4.13. The number of phenols is 1. The Hall–Kier alpha value is -1.55. The summed E-state index contributed by atoms with van der Waals surface area (Å²) in [4.78, 5) is 12.3. The molecule has 1 aliphatic rings. The number of aryl methyl sites for hydroxylation is 1. The van der Waals surface area contributed by atoms with E-state index in [1.165, 1.54) is 0 Å². The van der Waals surface area contributed by atoms with Gasteiger partial charge in [0.2, 0.25) is 5.91 Å². The first-order valence-electron chi connectivity index (χ1n) is 7.50. The van der Waals surface area contributed by atoms with Crippen molar-refractivity contribution in [1.82, 2.24) is 5.32 Å². The van der Waals surface area contributed by atoms with Gasteiger partial charge in [0, 0.05) is 0 Å². The van der Waals surface area contributed by atoms with Crippen LogP contribution in [0.1, 0.15) is 38.7 Å². The lowest BCUT2D eigenvalue weighted by atomic mass is 9.90. The number of phenolic OH excluding ortho intramolecular Hbond substituents is 1. The summed E-state index contributed by atoms with van der Waals surface area (Å²) in [6.07, 6.45) is 4.00. The van der Waals surface area contributed by atoms with E-state index in [4.69, 9.17) is 0 Å². The van der Waals surface area contributed by atoms with Gasteiger partial charge >= 0.3 is 0 Å². The van der Waals surface area contributed by atoms with Crippen molar-refractivity contribution in [2.45, 2.75) is 45.6 Å². The van der Waals surface area contributed by atoms with E-state index in [0.717, 1.165) is 37.8 Å². The summed E-state index contributed by atoms with van der Waals surface area (Å²) in [6.45, 7) is 5.10. The van der Waals surface area contributed by atoms with E-state index in [2.05, 4.69) is 17.6 Å². The quantitative estimate of drug-likeness (QED) is 0.741. The van der Waals surface area contributed by atoms with Gasteiger partial charge < -0.3 is 15.7 Å². The molecule has 4 nitrogen and oxygen atoms in total. The van der Waals surface area contributed by atoms with Gasteiger partial charge in [-0.05, 0) is 49.4 Å². The first-order valence-corrected chi connectivity index (χ1v) is 7.50. The molecule has 1 amide bonds. The van der Waals surface area contributed by atoms with Gasteiger partial charge in [0.25, 0.3) is 0 Å². The highest BCUT2D eigenvalue weighted by Gasteiger charge is 2.26. The molecule has 2 rings (SSSR count). The van der Waals surface area contributed by atoms with Crippen molar-refractivity contribution >= 4 is 11.6 Å². The number of rotatable bonds is 4. The molecule has 1 heterocycles. The number of hydrogen-bond acceptors (Lipinski definition) is 3. The number of carbonyl (C=O) groups is 1. The summed E-state index contributed by atoms with van der Waals surface area (Å²) in [7, 11) is 0. The standard InChI is InChI=1S/C16H24N2O2/c1-3-11-5-6-15(19)13(9-11)18-16(20)14-10-12(4-2)7-8-17-14/h5-6,9,12,14,17,19H,3-4,7-8,10H2,1-2H3,(H,18,20). The molecule has 0 saturated carbocycles. The molecule has 2 unspecified atom stereocenters. The van der Waals surface area contributed by atoms with Crippen LogP contribution in [0.2, 0.25) is 0 Å². The van der Waals surface area contributed by atoms with Crippen LogP contribution < -0.4 is 10.6 Å². The Morgan fingerprint density at radius 3 is 2.95 bits per heavy atom. The minimum atomic E-state index is -0.154. The molecule has 1 aliphatic heterocycles. The van der Waals surface area contributed by atoms with Crippen LogP contribution in [-0.2, 0) is 11.2 Å². The number of hydrogen-bond donors (Lipinski definition) is 3. The van der Waals surface area contributed by atoms with Crippen LogP contribution in [0.4, 0.5) is 5.69 Å². The zero-order valence-electron chi connectivity index (χ0n) is 12.3. The third kappa shape index (κ3) is 3.51. The Morgan fingerprint density at radius 2 is 2.25 bits per heavy atom. The molecule has 1 aromatic carbocycles. The van der Waals surface area contributed by atoms with Gasteiger partial charge in [-0.15, -0.1) is 0 Å². The van der Waals surface area contributed by atoms with Crippen molar-refractivity contribution in [2.24, 2.45) is 5.92 Å². The van der Waals surface area contributed by atoms with Crippen LogP contribution in [-0.4, -0.2) is 23.6 Å². The van der Waals surface area contributed by atoms with E-state index >= 15 is 0 Å². The number of piperidine rings is 1. The van der Waals surface area contributed by atoms with Gasteiger partial charge in [-0.3, -0.25) is 4.79 Å². The first kappa shape index (κ1) is 14.9. The van der Waals surface area contributed by atoms with Crippen LogP contribution in [0.25, 0.3) is 0 Å². The van der Waals surface area contributed by atoms with E-state index in [9.17, 15) is 9.90 Å². The molecule has 0 aliphatic carbocycles.